The highest BCUT2D eigenvalue weighted by Gasteiger charge is 2.02. The number of ether oxygens (including phenoxy) is 1. The van der Waals surface area contributed by atoms with E-state index in [4.69, 9.17) is 4.74 Å². The van der Waals surface area contributed by atoms with Gasteiger partial charge in [0.15, 0.2) is 0 Å². The van der Waals surface area contributed by atoms with E-state index >= 15 is 0 Å². The van der Waals surface area contributed by atoms with E-state index in [1.807, 2.05) is 32.0 Å². The van der Waals surface area contributed by atoms with Gasteiger partial charge in [0.2, 0.25) is 0 Å². The Morgan fingerprint density at radius 1 is 1.33 bits per heavy atom. The Balaban J connectivity index is 3.05. The molecule has 0 spiro atoms. The molecule has 0 unspecified atom stereocenters. The Bertz CT molecular complexity index is 273. The second-order valence-electron chi connectivity index (χ2n) is 2.75. The maximum absolute atomic E-state index is 5.21. The van der Waals surface area contributed by atoms with Gasteiger partial charge in [0.05, 0.1) is 7.11 Å². The van der Waals surface area contributed by atoms with Crippen molar-refractivity contribution in [2.45, 2.75) is 13.8 Å². The average Bonchev–Trinajstić information content (AvgIpc) is 2.07. The normalized spacial score (nSPS) is 9.25. The van der Waals surface area contributed by atoms with Gasteiger partial charge in [-0.3, -0.25) is 4.98 Å². The van der Waals surface area contributed by atoms with Gasteiger partial charge in [-0.25, -0.2) is 0 Å². The van der Waals surface area contributed by atoms with Crippen LogP contribution >= 0.6 is 0 Å². The smallest absolute Gasteiger partial charge is 0.143 e. The summed E-state index contributed by atoms with van der Waals surface area (Å²) < 4.78 is 5.21. The molecule has 0 aliphatic rings. The first-order valence-corrected chi connectivity index (χ1v) is 3.88. The zero-order valence-electron chi connectivity index (χ0n) is 7.66. The lowest BCUT2D eigenvalue weighted by Crippen LogP contribution is -1.92. The molecule has 0 saturated heterocycles. The molecule has 1 rings (SSSR count). The molecule has 1 aromatic heterocycles. The molecule has 0 saturated carbocycles. The summed E-state index contributed by atoms with van der Waals surface area (Å²) >= 11 is 0. The minimum Gasteiger partial charge on any atom is -0.495 e. The third-order valence-electron chi connectivity index (χ3n) is 1.56. The van der Waals surface area contributed by atoms with Crippen molar-refractivity contribution in [3.05, 3.63) is 35.7 Å². The van der Waals surface area contributed by atoms with Crippen LogP contribution in [0.1, 0.15) is 19.5 Å². The van der Waals surface area contributed by atoms with Crippen LogP contribution < -0.4 is 0 Å². The number of allylic oxidation sites excluding steroid dienone is 1. The van der Waals surface area contributed by atoms with Crippen LogP contribution in [-0.2, 0) is 4.74 Å². The summed E-state index contributed by atoms with van der Waals surface area (Å²) in [6.07, 6.45) is 1.76. The lowest BCUT2D eigenvalue weighted by molar-refractivity contribution is 0.365. The molecule has 0 radical (unpaired) electrons. The van der Waals surface area contributed by atoms with Crippen LogP contribution in [0.3, 0.4) is 0 Å². The van der Waals surface area contributed by atoms with E-state index < -0.39 is 0 Å². The molecule has 0 bridgehead atoms. The van der Waals surface area contributed by atoms with Crippen molar-refractivity contribution >= 4 is 5.76 Å². The van der Waals surface area contributed by atoms with Gasteiger partial charge in [-0.1, -0.05) is 6.07 Å². The lowest BCUT2D eigenvalue weighted by Gasteiger charge is -2.06. The zero-order chi connectivity index (χ0) is 8.97. The fourth-order valence-electron chi connectivity index (χ4n) is 1.06. The van der Waals surface area contributed by atoms with Crippen LogP contribution in [0.5, 0.6) is 0 Å². The zero-order valence-corrected chi connectivity index (χ0v) is 7.66. The summed E-state index contributed by atoms with van der Waals surface area (Å²) in [7, 11) is 1.66. The summed E-state index contributed by atoms with van der Waals surface area (Å²) in [5, 5.41) is 0. The van der Waals surface area contributed by atoms with Crippen molar-refractivity contribution in [2.24, 2.45) is 0 Å². The van der Waals surface area contributed by atoms with Crippen LogP contribution in [0.2, 0.25) is 0 Å². The summed E-state index contributed by atoms with van der Waals surface area (Å²) in [6, 6.07) is 5.78. The summed E-state index contributed by atoms with van der Waals surface area (Å²) in [5.74, 6) is 0.857. The van der Waals surface area contributed by atoms with E-state index in [2.05, 4.69) is 4.98 Å². The van der Waals surface area contributed by atoms with Gasteiger partial charge >= 0.3 is 0 Å². The largest absolute Gasteiger partial charge is 0.495 e. The summed E-state index contributed by atoms with van der Waals surface area (Å²) in [4.78, 5) is 4.19. The summed E-state index contributed by atoms with van der Waals surface area (Å²) in [6.45, 7) is 4.01. The van der Waals surface area contributed by atoms with Crippen LogP contribution in [-0.4, -0.2) is 12.1 Å². The first-order valence-electron chi connectivity index (χ1n) is 3.88. The highest BCUT2D eigenvalue weighted by Crippen LogP contribution is 2.15. The number of hydrogen-bond acceptors (Lipinski definition) is 2. The molecule has 1 aromatic rings. The first kappa shape index (κ1) is 8.78. The Labute approximate surface area is 72.9 Å². The van der Waals surface area contributed by atoms with Crippen molar-refractivity contribution in [3.8, 4) is 0 Å². The van der Waals surface area contributed by atoms with Crippen molar-refractivity contribution in [2.75, 3.05) is 7.11 Å². The molecule has 0 fully saturated rings. The molecular formula is C10H13NO. The third-order valence-corrected chi connectivity index (χ3v) is 1.56. The van der Waals surface area contributed by atoms with E-state index in [9.17, 15) is 0 Å². The Morgan fingerprint density at radius 2 is 2.08 bits per heavy atom. The Kier molecular flexibility index (Phi) is 2.86. The van der Waals surface area contributed by atoms with Gasteiger partial charge in [-0.15, -0.1) is 0 Å². The molecular weight excluding hydrogens is 150 g/mol. The predicted octanol–water partition coefficient (Wildman–Crippen LogP) is 2.48. The van der Waals surface area contributed by atoms with Crippen molar-refractivity contribution in [3.63, 3.8) is 0 Å². The number of rotatable bonds is 2. The van der Waals surface area contributed by atoms with E-state index in [0.717, 1.165) is 17.0 Å². The van der Waals surface area contributed by atoms with Gasteiger partial charge in [0.1, 0.15) is 11.5 Å². The molecule has 12 heavy (non-hydrogen) atoms. The Hall–Kier alpha value is -1.31. The maximum atomic E-state index is 5.21. The number of hydrogen-bond donors (Lipinski definition) is 0. The van der Waals surface area contributed by atoms with Gasteiger partial charge < -0.3 is 4.74 Å². The highest BCUT2D eigenvalue weighted by molar-refractivity contribution is 5.58. The van der Waals surface area contributed by atoms with Crippen molar-refractivity contribution in [1.29, 1.82) is 0 Å². The fraction of sp³-hybridized carbons (Fsp3) is 0.300. The predicted molar refractivity (Wildman–Crippen MR) is 49.5 cm³/mol. The molecule has 2 heteroatoms. The second-order valence-corrected chi connectivity index (χ2v) is 2.75. The number of nitrogens with zero attached hydrogens (tertiary/aromatic N) is 1. The maximum Gasteiger partial charge on any atom is 0.143 e. The van der Waals surface area contributed by atoms with E-state index in [1.165, 1.54) is 0 Å². The van der Waals surface area contributed by atoms with Crippen molar-refractivity contribution < 1.29 is 4.74 Å². The van der Waals surface area contributed by atoms with Crippen molar-refractivity contribution in [1.82, 2.24) is 4.98 Å². The molecule has 2 nitrogen and oxygen atoms in total. The molecule has 0 aliphatic heterocycles. The standard InChI is InChI=1S/C10H13NO/c1-8(2)10(12-3)9-6-4-5-7-11-9/h4-7H,1-3H3. The molecule has 0 N–H and O–H groups in total. The van der Waals surface area contributed by atoms with Crippen LogP contribution in [0.25, 0.3) is 5.76 Å². The van der Waals surface area contributed by atoms with Gasteiger partial charge in [-0.05, 0) is 31.6 Å². The lowest BCUT2D eigenvalue weighted by atomic mass is 10.2. The quantitative estimate of drug-likeness (QED) is 0.625. The van der Waals surface area contributed by atoms with E-state index in [1.54, 1.807) is 13.3 Å². The monoisotopic (exact) mass is 163 g/mol. The SMILES string of the molecule is COC(=C(C)C)c1ccccn1. The molecule has 0 amide bonds. The highest BCUT2D eigenvalue weighted by atomic mass is 16.5. The van der Waals surface area contributed by atoms with Crippen LogP contribution in [0.4, 0.5) is 0 Å². The number of aromatic nitrogens is 1. The van der Waals surface area contributed by atoms with Gasteiger partial charge in [0, 0.05) is 6.20 Å². The average molecular weight is 163 g/mol. The number of pyridine rings is 1. The van der Waals surface area contributed by atoms with Crippen LogP contribution in [0.15, 0.2) is 30.0 Å². The van der Waals surface area contributed by atoms with E-state index in [-0.39, 0.29) is 0 Å². The van der Waals surface area contributed by atoms with Gasteiger partial charge in [0.25, 0.3) is 0 Å². The third kappa shape index (κ3) is 1.84. The molecule has 1 heterocycles. The van der Waals surface area contributed by atoms with E-state index in [0.29, 0.717) is 0 Å². The molecule has 0 aromatic carbocycles. The first-order chi connectivity index (χ1) is 5.75. The van der Waals surface area contributed by atoms with Gasteiger partial charge in [-0.2, -0.15) is 0 Å². The Morgan fingerprint density at radius 3 is 2.50 bits per heavy atom. The molecule has 0 atom stereocenters. The fourth-order valence-corrected chi connectivity index (χ4v) is 1.06. The summed E-state index contributed by atoms with van der Waals surface area (Å²) in [5.41, 5.74) is 2.02. The minimum absolute atomic E-state index is 0.857. The second kappa shape index (κ2) is 3.90. The minimum atomic E-state index is 0.857. The molecule has 64 valence electrons. The molecule has 0 aliphatic carbocycles. The van der Waals surface area contributed by atoms with Crippen LogP contribution in [0, 0.1) is 0 Å². The topological polar surface area (TPSA) is 22.1 Å². The number of methoxy groups -OCH3 is 1.